The van der Waals surface area contributed by atoms with Crippen molar-refractivity contribution >= 4 is 17.1 Å². The molecular formula is C12H13N3. The molecule has 2 rings (SSSR count). The van der Waals surface area contributed by atoms with Crippen LogP contribution < -0.4 is 17.2 Å². The summed E-state index contributed by atoms with van der Waals surface area (Å²) in [4.78, 5) is 0. The highest BCUT2D eigenvalue weighted by molar-refractivity contribution is 5.88. The van der Waals surface area contributed by atoms with E-state index in [0.717, 1.165) is 11.1 Å². The molecule has 3 nitrogen and oxygen atoms in total. The van der Waals surface area contributed by atoms with Crippen LogP contribution in [0.25, 0.3) is 11.1 Å². The second-order valence-corrected chi connectivity index (χ2v) is 3.44. The van der Waals surface area contributed by atoms with Gasteiger partial charge in [0, 0.05) is 22.6 Å². The third-order valence-corrected chi connectivity index (χ3v) is 2.28. The molecule has 2 aromatic rings. The van der Waals surface area contributed by atoms with Crippen molar-refractivity contribution in [3.8, 4) is 11.1 Å². The van der Waals surface area contributed by atoms with Gasteiger partial charge >= 0.3 is 0 Å². The van der Waals surface area contributed by atoms with E-state index in [1.165, 1.54) is 0 Å². The molecule has 0 atom stereocenters. The van der Waals surface area contributed by atoms with E-state index in [-0.39, 0.29) is 0 Å². The van der Waals surface area contributed by atoms with E-state index in [1.807, 2.05) is 30.3 Å². The number of benzene rings is 2. The van der Waals surface area contributed by atoms with Crippen LogP contribution in [-0.2, 0) is 0 Å². The van der Waals surface area contributed by atoms with E-state index in [0.29, 0.717) is 17.1 Å². The second kappa shape index (κ2) is 3.53. The zero-order valence-corrected chi connectivity index (χ0v) is 8.27. The van der Waals surface area contributed by atoms with Gasteiger partial charge in [0.05, 0.1) is 0 Å². The van der Waals surface area contributed by atoms with E-state index >= 15 is 0 Å². The molecule has 0 aromatic heterocycles. The average molecular weight is 199 g/mol. The second-order valence-electron chi connectivity index (χ2n) is 3.44. The fourth-order valence-electron chi connectivity index (χ4n) is 1.65. The number of rotatable bonds is 1. The lowest BCUT2D eigenvalue weighted by Crippen LogP contribution is -1.98. The minimum absolute atomic E-state index is 0.588. The molecule has 0 aliphatic heterocycles. The molecular weight excluding hydrogens is 186 g/mol. The highest BCUT2D eigenvalue weighted by atomic mass is 14.7. The van der Waals surface area contributed by atoms with Gasteiger partial charge in [0.15, 0.2) is 0 Å². The van der Waals surface area contributed by atoms with Gasteiger partial charge in [-0.15, -0.1) is 0 Å². The quantitative estimate of drug-likeness (QED) is 0.615. The van der Waals surface area contributed by atoms with Gasteiger partial charge in [-0.25, -0.2) is 0 Å². The number of nitrogen functional groups attached to an aromatic ring is 3. The van der Waals surface area contributed by atoms with Gasteiger partial charge in [0.1, 0.15) is 0 Å². The van der Waals surface area contributed by atoms with Gasteiger partial charge in [-0.3, -0.25) is 0 Å². The van der Waals surface area contributed by atoms with Gasteiger partial charge in [-0.2, -0.15) is 0 Å². The Hall–Kier alpha value is -2.16. The first-order valence-electron chi connectivity index (χ1n) is 4.68. The van der Waals surface area contributed by atoms with Crippen LogP contribution in [0.4, 0.5) is 17.1 Å². The summed E-state index contributed by atoms with van der Waals surface area (Å²) in [5, 5.41) is 0. The molecule has 15 heavy (non-hydrogen) atoms. The van der Waals surface area contributed by atoms with Crippen LogP contribution in [0, 0.1) is 0 Å². The Morgan fingerprint density at radius 3 is 1.80 bits per heavy atom. The normalized spacial score (nSPS) is 10.1. The predicted molar refractivity (Wildman–Crippen MR) is 65.1 cm³/mol. The van der Waals surface area contributed by atoms with Crippen LogP contribution in [0.15, 0.2) is 42.5 Å². The molecule has 0 aliphatic rings. The number of hydrogen-bond acceptors (Lipinski definition) is 3. The molecule has 76 valence electrons. The molecule has 0 spiro atoms. The van der Waals surface area contributed by atoms with Crippen molar-refractivity contribution in [1.82, 2.24) is 0 Å². The lowest BCUT2D eigenvalue weighted by molar-refractivity contribution is 1.60. The third kappa shape index (κ3) is 1.72. The van der Waals surface area contributed by atoms with Crippen LogP contribution in [0.3, 0.4) is 0 Å². The van der Waals surface area contributed by atoms with Crippen molar-refractivity contribution < 1.29 is 0 Å². The van der Waals surface area contributed by atoms with E-state index in [1.54, 1.807) is 12.1 Å². The fraction of sp³-hybridized carbons (Fsp3) is 0. The Morgan fingerprint density at radius 1 is 0.733 bits per heavy atom. The minimum atomic E-state index is 0.588. The van der Waals surface area contributed by atoms with Gasteiger partial charge in [-0.05, 0) is 17.7 Å². The van der Waals surface area contributed by atoms with Gasteiger partial charge in [-0.1, -0.05) is 30.3 Å². The standard InChI is InChI=1S/C12H13N3/c13-9-6-10(14)12(11(15)7-9)8-4-2-1-3-5-8/h1-7H,13-15H2. The molecule has 0 unspecified atom stereocenters. The highest BCUT2D eigenvalue weighted by Crippen LogP contribution is 2.33. The first-order chi connectivity index (χ1) is 7.18. The topological polar surface area (TPSA) is 78.1 Å². The van der Waals surface area contributed by atoms with Crippen LogP contribution in [0.1, 0.15) is 0 Å². The minimum Gasteiger partial charge on any atom is -0.399 e. The summed E-state index contributed by atoms with van der Waals surface area (Å²) in [6, 6.07) is 13.2. The first kappa shape index (κ1) is 9.40. The van der Waals surface area contributed by atoms with E-state index in [9.17, 15) is 0 Å². The molecule has 0 amide bonds. The zero-order chi connectivity index (χ0) is 10.8. The maximum Gasteiger partial charge on any atom is 0.0435 e. The Morgan fingerprint density at radius 2 is 1.27 bits per heavy atom. The Balaban J connectivity index is 2.64. The van der Waals surface area contributed by atoms with Crippen molar-refractivity contribution in [2.75, 3.05) is 17.2 Å². The maximum atomic E-state index is 5.89. The molecule has 0 saturated carbocycles. The van der Waals surface area contributed by atoms with Gasteiger partial charge in [0.2, 0.25) is 0 Å². The Bertz CT molecular complexity index is 454. The highest BCUT2D eigenvalue weighted by Gasteiger charge is 2.07. The number of hydrogen-bond donors (Lipinski definition) is 3. The van der Waals surface area contributed by atoms with Gasteiger partial charge < -0.3 is 17.2 Å². The first-order valence-corrected chi connectivity index (χ1v) is 4.68. The molecule has 0 bridgehead atoms. The molecule has 6 N–H and O–H groups in total. The van der Waals surface area contributed by atoms with Crippen LogP contribution in [0.5, 0.6) is 0 Å². The largest absolute Gasteiger partial charge is 0.399 e. The van der Waals surface area contributed by atoms with Crippen LogP contribution in [0.2, 0.25) is 0 Å². The van der Waals surface area contributed by atoms with E-state index in [4.69, 9.17) is 17.2 Å². The molecule has 0 fully saturated rings. The molecule has 2 aromatic carbocycles. The summed E-state index contributed by atoms with van der Waals surface area (Å²) in [5.74, 6) is 0. The average Bonchev–Trinajstić information content (AvgIpc) is 2.17. The SMILES string of the molecule is Nc1cc(N)c(-c2ccccc2)c(N)c1. The fourth-order valence-corrected chi connectivity index (χ4v) is 1.65. The van der Waals surface area contributed by atoms with Crippen molar-refractivity contribution in [2.24, 2.45) is 0 Å². The number of nitrogens with two attached hydrogens (primary N) is 3. The Labute approximate surface area is 88.5 Å². The molecule has 0 aliphatic carbocycles. The summed E-state index contributed by atoms with van der Waals surface area (Å²) in [7, 11) is 0. The molecule has 0 radical (unpaired) electrons. The maximum absolute atomic E-state index is 5.89. The summed E-state index contributed by atoms with van der Waals surface area (Å²) in [6.45, 7) is 0. The number of anilines is 3. The van der Waals surface area contributed by atoms with Crippen molar-refractivity contribution in [1.29, 1.82) is 0 Å². The van der Waals surface area contributed by atoms with Crippen LogP contribution >= 0.6 is 0 Å². The molecule has 0 heterocycles. The molecule has 0 saturated heterocycles. The van der Waals surface area contributed by atoms with Crippen molar-refractivity contribution in [3.63, 3.8) is 0 Å². The zero-order valence-electron chi connectivity index (χ0n) is 8.27. The molecule has 3 heteroatoms. The summed E-state index contributed by atoms with van der Waals surface area (Å²) < 4.78 is 0. The Kier molecular flexibility index (Phi) is 2.21. The summed E-state index contributed by atoms with van der Waals surface area (Å²) in [5.41, 5.74) is 21.1. The van der Waals surface area contributed by atoms with Gasteiger partial charge in [0.25, 0.3) is 0 Å². The monoisotopic (exact) mass is 199 g/mol. The van der Waals surface area contributed by atoms with Crippen LogP contribution in [-0.4, -0.2) is 0 Å². The third-order valence-electron chi connectivity index (χ3n) is 2.28. The van der Waals surface area contributed by atoms with E-state index in [2.05, 4.69) is 0 Å². The lowest BCUT2D eigenvalue weighted by Gasteiger charge is -2.10. The smallest absolute Gasteiger partial charge is 0.0435 e. The summed E-state index contributed by atoms with van der Waals surface area (Å²) >= 11 is 0. The van der Waals surface area contributed by atoms with Crippen molar-refractivity contribution in [2.45, 2.75) is 0 Å². The summed E-state index contributed by atoms with van der Waals surface area (Å²) in [6.07, 6.45) is 0. The van der Waals surface area contributed by atoms with Crippen molar-refractivity contribution in [3.05, 3.63) is 42.5 Å². The predicted octanol–water partition coefficient (Wildman–Crippen LogP) is 2.10. The van der Waals surface area contributed by atoms with E-state index < -0.39 is 0 Å². The lowest BCUT2D eigenvalue weighted by atomic mass is 10.0.